The van der Waals surface area contributed by atoms with Crippen LogP contribution in [-0.4, -0.2) is 12.5 Å². The number of nitrogens with two attached hydrogens (primary N) is 1. The second kappa shape index (κ2) is 3.78. The number of halogens is 2. The van der Waals surface area contributed by atoms with Crippen molar-refractivity contribution in [1.29, 1.82) is 0 Å². The van der Waals surface area contributed by atoms with E-state index < -0.39 is 6.43 Å². The van der Waals surface area contributed by atoms with E-state index in [0.29, 0.717) is 0 Å². The summed E-state index contributed by atoms with van der Waals surface area (Å²) in [6, 6.07) is -0.219. The third kappa shape index (κ3) is 5.82. The highest BCUT2D eigenvalue weighted by Crippen LogP contribution is 2.02. The van der Waals surface area contributed by atoms with E-state index >= 15 is 0 Å². The second-order valence-electron chi connectivity index (χ2n) is 1.72. The van der Waals surface area contributed by atoms with Crippen LogP contribution < -0.4 is 5.73 Å². The molecule has 2 N–H and O–H groups in total. The van der Waals surface area contributed by atoms with Crippen LogP contribution in [0, 0.1) is 6.42 Å². The van der Waals surface area contributed by atoms with Crippen molar-refractivity contribution in [2.75, 3.05) is 0 Å². The van der Waals surface area contributed by atoms with E-state index in [-0.39, 0.29) is 12.5 Å². The first kappa shape index (κ1) is 7.82. The maximum absolute atomic E-state index is 11.3. The molecule has 1 nitrogen and oxygen atoms in total. The molecule has 0 aliphatic carbocycles. The molecular formula is C5H10F2N. The van der Waals surface area contributed by atoms with Crippen LogP contribution in [0.5, 0.6) is 0 Å². The first-order valence-electron chi connectivity index (χ1n) is 2.50. The Labute approximate surface area is 47.9 Å². The van der Waals surface area contributed by atoms with Gasteiger partial charge in [-0.25, -0.2) is 8.78 Å². The predicted octanol–water partition coefficient (Wildman–Crippen LogP) is 1.19. The fourth-order valence-electron chi connectivity index (χ4n) is 0.318. The molecule has 1 radical (unpaired) electrons. The molecule has 0 aliphatic rings. The van der Waals surface area contributed by atoms with E-state index in [1.807, 2.05) is 0 Å². The minimum Gasteiger partial charge on any atom is -0.328 e. The van der Waals surface area contributed by atoms with E-state index in [9.17, 15) is 8.78 Å². The largest absolute Gasteiger partial charge is 0.328 e. The molecule has 0 saturated carbocycles. The van der Waals surface area contributed by atoms with Gasteiger partial charge in [0.25, 0.3) is 0 Å². The molecule has 0 fully saturated rings. The highest BCUT2D eigenvalue weighted by Gasteiger charge is 2.03. The normalized spacial score (nSPS) is 14.6. The molecule has 0 aromatic rings. The molecule has 0 aromatic carbocycles. The van der Waals surface area contributed by atoms with Crippen LogP contribution in [0.2, 0.25) is 0 Å². The van der Waals surface area contributed by atoms with E-state index in [4.69, 9.17) is 5.73 Å². The van der Waals surface area contributed by atoms with Crippen LogP contribution in [-0.2, 0) is 0 Å². The van der Waals surface area contributed by atoms with Crippen LogP contribution in [0.15, 0.2) is 0 Å². The molecule has 0 aliphatic heterocycles. The average Bonchev–Trinajstić information content (AvgIpc) is 1.61. The quantitative estimate of drug-likeness (QED) is 0.597. The van der Waals surface area contributed by atoms with Crippen molar-refractivity contribution in [2.45, 2.75) is 25.8 Å². The summed E-state index contributed by atoms with van der Waals surface area (Å²) in [5, 5.41) is 0. The Morgan fingerprint density at radius 1 is 1.62 bits per heavy atom. The standard InChI is InChI=1S/C5H10F2N/c1-4(8)2-3-5(6)7/h2,4-5H,3,8H2,1H3. The fraction of sp³-hybridized carbons (Fsp3) is 0.800. The van der Waals surface area contributed by atoms with Gasteiger partial charge in [-0.15, -0.1) is 0 Å². The lowest BCUT2D eigenvalue weighted by atomic mass is 10.2. The fourth-order valence-corrected chi connectivity index (χ4v) is 0.318. The summed E-state index contributed by atoms with van der Waals surface area (Å²) in [5.74, 6) is 0. The SMILES string of the molecule is CC(N)[CH]CC(F)F. The lowest BCUT2D eigenvalue weighted by molar-refractivity contribution is 0.146. The Bertz CT molecular complexity index is 46.4. The van der Waals surface area contributed by atoms with Crippen molar-refractivity contribution in [3.8, 4) is 0 Å². The van der Waals surface area contributed by atoms with E-state index in [1.54, 1.807) is 6.92 Å². The average molecular weight is 122 g/mol. The van der Waals surface area contributed by atoms with E-state index in [2.05, 4.69) is 0 Å². The molecule has 0 saturated heterocycles. The van der Waals surface area contributed by atoms with Gasteiger partial charge in [-0.2, -0.15) is 0 Å². The van der Waals surface area contributed by atoms with Gasteiger partial charge in [-0.1, -0.05) is 0 Å². The van der Waals surface area contributed by atoms with Gasteiger partial charge in [-0.05, 0) is 13.3 Å². The molecule has 0 aromatic heterocycles. The summed E-state index contributed by atoms with van der Waals surface area (Å²) in [4.78, 5) is 0. The van der Waals surface area contributed by atoms with Crippen LogP contribution in [0.4, 0.5) is 8.78 Å². The van der Waals surface area contributed by atoms with Gasteiger partial charge >= 0.3 is 0 Å². The van der Waals surface area contributed by atoms with Crippen molar-refractivity contribution < 1.29 is 8.78 Å². The second-order valence-corrected chi connectivity index (χ2v) is 1.72. The molecule has 0 rings (SSSR count). The van der Waals surface area contributed by atoms with Crippen LogP contribution in [0.25, 0.3) is 0 Å². The maximum Gasteiger partial charge on any atom is 0.239 e. The van der Waals surface area contributed by atoms with Crippen LogP contribution >= 0.6 is 0 Å². The maximum atomic E-state index is 11.3. The molecule has 0 heterocycles. The zero-order chi connectivity index (χ0) is 6.57. The van der Waals surface area contributed by atoms with Gasteiger partial charge in [-0.3, -0.25) is 0 Å². The molecule has 8 heavy (non-hydrogen) atoms. The van der Waals surface area contributed by atoms with E-state index in [1.165, 1.54) is 6.42 Å². The number of hydrogen-bond acceptors (Lipinski definition) is 1. The summed E-state index contributed by atoms with van der Waals surface area (Å²) in [6.07, 6.45) is -1.05. The van der Waals surface area contributed by atoms with Crippen LogP contribution in [0.3, 0.4) is 0 Å². The molecule has 0 amide bonds. The minimum absolute atomic E-state index is 0.197. The molecule has 1 unspecified atom stereocenters. The number of alkyl halides is 2. The Kier molecular flexibility index (Phi) is 3.69. The summed E-state index contributed by atoms with van der Waals surface area (Å²) < 4.78 is 22.6. The molecule has 49 valence electrons. The van der Waals surface area contributed by atoms with Gasteiger partial charge in [0.15, 0.2) is 0 Å². The lowest BCUT2D eigenvalue weighted by Crippen LogP contribution is -2.16. The van der Waals surface area contributed by atoms with Crippen molar-refractivity contribution >= 4 is 0 Å². The van der Waals surface area contributed by atoms with Crippen molar-refractivity contribution in [1.82, 2.24) is 0 Å². The van der Waals surface area contributed by atoms with Crippen molar-refractivity contribution in [3.05, 3.63) is 6.42 Å². The van der Waals surface area contributed by atoms with Gasteiger partial charge in [0, 0.05) is 12.5 Å². The highest BCUT2D eigenvalue weighted by molar-refractivity contribution is 4.75. The third-order valence-electron chi connectivity index (χ3n) is 0.686. The van der Waals surface area contributed by atoms with Crippen LogP contribution in [0.1, 0.15) is 13.3 Å². The van der Waals surface area contributed by atoms with Gasteiger partial charge in [0.05, 0.1) is 0 Å². The van der Waals surface area contributed by atoms with Gasteiger partial charge < -0.3 is 5.73 Å². The first-order chi connectivity index (χ1) is 3.63. The van der Waals surface area contributed by atoms with Gasteiger partial charge in [0.1, 0.15) is 0 Å². The Morgan fingerprint density at radius 2 is 2.12 bits per heavy atom. The third-order valence-corrected chi connectivity index (χ3v) is 0.686. The topological polar surface area (TPSA) is 26.0 Å². The van der Waals surface area contributed by atoms with E-state index in [0.717, 1.165) is 0 Å². The van der Waals surface area contributed by atoms with Crippen molar-refractivity contribution in [3.63, 3.8) is 0 Å². The smallest absolute Gasteiger partial charge is 0.239 e. The number of rotatable bonds is 3. The molecule has 0 spiro atoms. The van der Waals surface area contributed by atoms with Gasteiger partial charge in [0.2, 0.25) is 6.43 Å². The zero-order valence-corrected chi connectivity index (χ0v) is 4.77. The molecular weight excluding hydrogens is 112 g/mol. The predicted molar refractivity (Wildman–Crippen MR) is 28.6 cm³/mol. The lowest BCUT2D eigenvalue weighted by Gasteiger charge is -2.00. The molecule has 1 atom stereocenters. The van der Waals surface area contributed by atoms with Crippen molar-refractivity contribution in [2.24, 2.45) is 5.73 Å². The minimum atomic E-state index is -2.25. The summed E-state index contributed by atoms with van der Waals surface area (Å²) >= 11 is 0. The monoisotopic (exact) mass is 122 g/mol. The highest BCUT2D eigenvalue weighted by atomic mass is 19.3. The summed E-state index contributed by atoms with van der Waals surface area (Å²) in [7, 11) is 0. The molecule has 3 heteroatoms. The molecule has 0 bridgehead atoms. The Morgan fingerprint density at radius 3 is 2.25 bits per heavy atom. The first-order valence-corrected chi connectivity index (χ1v) is 2.50. The Balaban J connectivity index is 2.93. The zero-order valence-electron chi connectivity index (χ0n) is 4.77. The number of hydrogen-bond donors (Lipinski definition) is 1. The Hall–Kier alpha value is -0.180. The summed E-state index contributed by atoms with van der Waals surface area (Å²) in [5.41, 5.74) is 5.15. The summed E-state index contributed by atoms with van der Waals surface area (Å²) in [6.45, 7) is 1.67.